The number of hydrogen-bond donors (Lipinski definition) is 1. The highest BCUT2D eigenvalue weighted by Crippen LogP contribution is 2.38. The van der Waals surface area contributed by atoms with Gasteiger partial charge in [0.05, 0.1) is 5.92 Å². The van der Waals surface area contributed by atoms with Gasteiger partial charge in [0, 0.05) is 38.2 Å². The first-order valence-electron chi connectivity index (χ1n) is 8.21. The summed E-state index contributed by atoms with van der Waals surface area (Å²) < 4.78 is 5.85. The second-order valence-electron chi connectivity index (χ2n) is 7.25. The fourth-order valence-electron chi connectivity index (χ4n) is 2.58. The van der Waals surface area contributed by atoms with E-state index in [1.54, 1.807) is 0 Å². The van der Waals surface area contributed by atoms with Gasteiger partial charge in [0.1, 0.15) is 18.1 Å². The number of nitrogens with one attached hydrogen (secondary N) is 1. The number of ether oxygens (including phenoxy) is 1. The molecule has 0 amide bonds. The molecule has 0 aromatic heterocycles. The maximum atomic E-state index is 6.46. The van der Waals surface area contributed by atoms with Crippen LogP contribution in [0.4, 0.5) is 0 Å². The first-order chi connectivity index (χ1) is 10.8. The minimum absolute atomic E-state index is 0.0336. The van der Waals surface area contributed by atoms with Crippen molar-refractivity contribution in [1.29, 1.82) is 0 Å². The first-order valence-corrected chi connectivity index (χ1v) is 12.7. The lowest BCUT2D eigenvalue weighted by Gasteiger charge is -2.31. The Morgan fingerprint density at radius 3 is 2.74 bits per heavy atom. The molecule has 130 valence electrons. The molecule has 0 aliphatic carbocycles. The molecule has 2 atom stereocenters. The summed E-state index contributed by atoms with van der Waals surface area (Å²) in [5, 5.41) is 4.71. The molecule has 0 spiro atoms. The number of fused-ring (bicyclic) bond motifs is 1. The molecule has 1 N–H and O–H groups in total. The van der Waals surface area contributed by atoms with Gasteiger partial charge < -0.3 is 15.0 Å². The Morgan fingerprint density at radius 2 is 2.09 bits per heavy atom. The van der Waals surface area contributed by atoms with Crippen molar-refractivity contribution < 1.29 is 4.74 Å². The number of hydrogen-bond acceptors (Lipinski definition) is 4. The summed E-state index contributed by atoms with van der Waals surface area (Å²) in [6.07, 6.45) is 4.76. The summed E-state index contributed by atoms with van der Waals surface area (Å²) in [6, 6.07) is 1.15. The largest absolute Gasteiger partial charge is 0.388 e. The number of rotatable bonds is 8. The molecule has 2 rings (SSSR count). The summed E-state index contributed by atoms with van der Waals surface area (Å²) >= 11 is 12.7. The topological polar surface area (TPSA) is 36.9 Å². The molecule has 2 heterocycles. The summed E-state index contributed by atoms with van der Waals surface area (Å²) in [5.74, 6) is 0.0336. The summed E-state index contributed by atoms with van der Waals surface area (Å²) in [5.41, 5.74) is 1.04. The van der Waals surface area contributed by atoms with Crippen LogP contribution in [-0.2, 0) is 4.74 Å². The zero-order chi connectivity index (χ0) is 17.0. The molecule has 0 saturated heterocycles. The van der Waals surface area contributed by atoms with Crippen LogP contribution in [0.25, 0.3) is 0 Å². The molecule has 2 aliphatic rings. The highest BCUT2D eigenvalue weighted by molar-refractivity contribution is 6.76. The Hall–Kier alpha value is -0.493. The highest BCUT2D eigenvalue weighted by atomic mass is 35.5. The second kappa shape index (κ2) is 8.06. The molecule has 2 unspecified atom stereocenters. The molecule has 0 aromatic carbocycles. The lowest BCUT2D eigenvalue weighted by Crippen LogP contribution is -2.38. The zero-order valence-corrected chi connectivity index (χ0v) is 16.9. The first kappa shape index (κ1) is 18.8. The van der Waals surface area contributed by atoms with Crippen molar-refractivity contribution in [3.8, 4) is 0 Å². The minimum Gasteiger partial charge on any atom is -0.388 e. The van der Waals surface area contributed by atoms with Crippen LogP contribution in [0.5, 0.6) is 0 Å². The molecular formula is C16H27Cl2N3OSi. The number of nitrogens with zero attached hydrogens (tertiary/aromatic N) is 2. The van der Waals surface area contributed by atoms with Crippen molar-refractivity contribution in [3.05, 3.63) is 23.0 Å². The average Bonchev–Trinajstić information content (AvgIpc) is 2.76. The summed E-state index contributed by atoms with van der Waals surface area (Å²) in [7, 11) is -1.07. The normalized spacial score (nSPS) is 24.1. The van der Waals surface area contributed by atoms with Gasteiger partial charge in [0.15, 0.2) is 0 Å². The SMILES string of the molecule is CCCNC1=CC(Cl)=NC2C1C(Cl)=CN2COCC[Si](C)(C)C. The van der Waals surface area contributed by atoms with Crippen molar-refractivity contribution in [1.82, 2.24) is 10.2 Å². The van der Waals surface area contributed by atoms with Gasteiger partial charge >= 0.3 is 0 Å². The van der Waals surface area contributed by atoms with E-state index in [0.29, 0.717) is 11.9 Å². The van der Waals surface area contributed by atoms with Crippen LogP contribution >= 0.6 is 23.2 Å². The summed E-state index contributed by atoms with van der Waals surface area (Å²) in [4.78, 5) is 6.59. The van der Waals surface area contributed by atoms with E-state index in [1.807, 2.05) is 17.2 Å². The van der Waals surface area contributed by atoms with E-state index in [-0.39, 0.29) is 12.1 Å². The van der Waals surface area contributed by atoms with Crippen molar-refractivity contribution in [2.75, 3.05) is 19.9 Å². The predicted octanol–water partition coefficient (Wildman–Crippen LogP) is 4.17. The Kier molecular flexibility index (Phi) is 6.60. The van der Waals surface area contributed by atoms with Crippen molar-refractivity contribution in [2.45, 2.75) is 45.2 Å². The van der Waals surface area contributed by atoms with Gasteiger partial charge in [0.2, 0.25) is 0 Å². The smallest absolute Gasteiger partial charge is 0.137 e. The molecule has 0 saturated carbocycles. The van der Waals surface area contributed by atoms with Gasteiger partial charge in [-0.1, -0.05) is 49.8 Å². The van der Waals surface area contributed by atoms with Gasteiger partial charge in [-0.3, -0.25) is 0 Å². The monoisotopic (exact) mass is 375 g/mol. The standard InChI is InChI=1S/C16H27Cl2N3OSi/c1-5-6-19-13-9-14(18)20-16-15(13)12(17)10-21(16)11-22-7-8-23(2,3)4/h9-10,15-16,19H,5-8,11H2,1-4H3. The van der Waals surface area contributed by atoms with Crippen LogP contribution < -0.4 is 5.32 Å². The van der Waals surface area contributed by atoms with Gasteiger partial charge in [-0.25, -0.2) is 4.99 Å². The van der Waals surface area contributed by atoms with Gasteiger partial charge in [0.25, 0.3) is 0 Å². The predicted molar refractivity (Wildman–Crippen MR) is 102 cm³/mol. The van der Waals surface area contributed by atoms with Gasteiger partial charge in [-0.15, -0.1) is 0 Å². The van der Waals surface area contributed by atoms with E-state index in [4.69, 9.17) is 27.9 Å². The third-order valence-corrected chi connectivity index (χ3v) is 6.15. The Bertz CT molecular complexity index is 514. The zero-order valence-electron chi connectivity index (χ0n) is 14.4. The Labute approximate surface area is 150 Å². The fraction of sp³-hybridized carbons (Fsp3) is 0.688. The molecular weight excluding hydrogens is 349 g/mol. The molecule has 23 heavy (non-hydrogen) atoms. The van der Waals surface area contributed by atoms with E-state index in [1.165, 1.54) is 0 Å². The fourth-order valence-corrected chi connectivity index (χ4v) is 3.91. The lowest BCUT2D eigenvalue weighted by molar-refractivity contribution is 0.0425. The summed E-state index contributed by atoms with van der Waals surface area (Å²) in [6.45, 7) is 11.4. The van der Waals surface area contributed by atoms with Crippen LogP contribution in [0.1, 0.15) is 13.3 Å². The van der Waals surface area contributed by atoms with E-state index < -0.39 is 8.07 Å². The molecule has 0 fully saturated rings. The average molecular weight is 376 g/mol. The van der Waals surface area contributed by atoms with Crippen LogP contribution in [0, 0.1) is 5.92 Å². The van der Waals surface area contributed by atoms with Crippen LogP contribution in [0.3, 0.4) is 0 Å². The Morgan fingerprint density at radius 1 is 1.35 bits per heavy atom. The maximum Gasteiger partial charge on any atom is 0.137 e. The molecule has 2 aliphatic heterocycles. The number of halogens is 2. The van der Waals surface area contributed by atoms with Crippen molar-refractivity contribution in [3.63, 3.8) is 0 Å². The highest BCUT2D eigenvalue weighted by Gasteiger charge is 2.39. The Balaban J connectivity index is 1.96. The molecule has 4 nitrogen and oxygen atoms in total. The minimum atomic E-state index is -1.07. The van der Waals surface area contributed by atoms with E-state index in [0.717, 1.165) is 36.3 Å². The van der Waals surface area contributed by atoms with Crippen molar-refractivity contribution >= 4 is 36.4 Å². The maximum absolute atomic E-state index is 6.46. The number of allylic oxidation sites excluding steroid dienone is 1. The molecule has 7 heteroatoms. The van der Waals surface area contributed by atoms with Gasteiger partial charge in [-0.2, -0.15) is 0 Å². The van der Waals surface area contributed by atoms with Gasteiger partial charge in [-0.05, 0) is 18.5 Å². The van der Waals surface area contributed by atoms with Crippen molar-refractivity contribution in [2.24, 2.45) is 10.9 Å². The molecule has 0 radical (unpaired) electrons. The lowest BCUT2D eigenvalue weighted by atomic mass is 10.0. The molecule has 0 aromatic rings. The third-order valence-electron chi connectivity index (χ3n) is 3.91. The van der Waals surface area contributed by atoms with Crippen LogP contribution in [0.15, 0.2) is 28.0 Å². The quantitative estimate of drug-likeness (QED) is 0.510. The third kappa shape index (κ3) is 5.24. The number of aliphatic imine (C=N–C) groups is 1. The second-order valence-corrected chi connectivity index (χ2v) is 13.7. The van der Waals surface area contributed by atoms with E-state index in [2.05, 4.69) is 36.9 Å². The van der Waals surface area contributed by atoms with E-state index >= 15 is 0 Å². The van der Waals surface area contributed by atoms with Crippen LogP contribution in [-0.4, -0.2) is 44.2 Å². The number of dihydropyridines is 1. The van der Waals surface area contributed by atoms with E-state index in [9.17, 15) is 0 Å². The van der Waals surface area contributed by atoms with Crippen LogP contribution in [0.2, 0.25) is 25.7 Å². The molecule has 0 bridgehead atoms.